The van der Waals surface area contributed by atoms with E-state index in [9.17, 15) is 18.4 Å². The molecule has 0 spiro atoms. The number of aromatic nitrogens is 3. The number of nitrogens with zero attached hydrogens (tertiary/aromatic N) is 2. The minimum atomic E-state index is -1.04. The third-order valence-electron chi connectivity index (χ3n) is 3.67. The molecule has 1 aromatic heterocycles. The van der Waals surface area contributed by atoms with Gasteiger partial charge in [0.25, 0.3) is 0 Å². The zero-order valence-electron chi connectivity index (χ0n) is 13.1. The Hall–Kier alpha value is -2.20. The average molecular weight is 370 g/mol. The van der Waals surface area contributed by atoms with Crippen LogP contribution in [0.15, 0.2) is 28.2 Å². The zero-order chi connectivity index (χ0) is 17.8. The number of carbonyl (C=O) groups excluding carboxylic acids is 1. The Bertz CT molecular complexity index is 817. The Kier molecular flexibility index (Phi) is 5.49. The van der Waals surface area contributed by atoms with Gasteiger partial charge in [0.1, 0.15) is 0 Å². The molecule has 2 aromatic rings. The number of aromatic amines is 1. The van der Waals surface area contributed by atoms with Crippen LogP contribution in [-0.2, 0) is 16.1 Å². The maximum absolute atomic E-state index is 13.1. The van der Waals surface area contributed by atoms with Crippen molar-refractivity contribution in [1.29, 1.82) is 0 Å². The Balaban J connectivity index is 1.58. The van der Waals surface area contributed by atoms with Gasteiger partial charge in [-0.1, -0.05) is 11.8 Å². The number of rotatable bonds is 6. The number of anilines is 1. The summed E-state index contributed by atoms with van der Waals surface area (Å²) in [4.78, 5) is 23.8. The number of amides is 1. The van der Waals surface area contributed by atoms with Gasteiger partial charge in [0, 0.05) is 18.4 Å². The molecular weight excluding hydrogens is 354 g/mol. The lowest BCUT2D eigenvalue weighted by Crippen LogP contribution is -2.25. The molecule has 0 radical (unpaired) electrons. The molecule has 0 saturated carbocycles. The van der Waals surface area contributed by atoms with E-state index in [-0.39, 0.29) is 23.2 Å². The molecule has 1 aliphatic heterocycles. The van der Waals surface area contributed by atoms with E-state index in [0.717, 1.165) is 36.7 Å². The van der Waals surface area contributed by atoms with E-state index in [1.165, 1.54) is 10.6 Å². The Morgan fingerprint density at radius 3 is 3.00 bits per heavy atom. The van der Waals surface area contributed by atoms with Crippen molar-refractivity contribution < 1.29 is 18.3 Å². The highest BCUT2D eigenvalue weighted by molar-refractivity contribution is 7.99. The van der Waals surface area contributed by atoms with Crippen molar-refractivity contribution in [3.63, 3.8) is 0 Å². The second-order valence-electron chi connectivity index (χ2n) is 5.52. The van der Waals surface area contributed by atoms with E-state index in [1.54, 1.807) is 0 Å². The van der Waals surface area contributed by atoms with Crippen molar-refractivity contribution in [2.45, 2.75) is 30.6 Å². The normalized spacial score (nSPS) is 17.0. The van der Waals surface area contributed by atoms with Gasteiger partial charge in [0.2, 0.25) is 5.91 Å². The van der Waals surface area contributed by atoms with Gasteiger partial charge in [-0.25, -0.2) is 18.7 Å². The second kappa shape index (κ2) is 7.79. The second-order valence-corrected chi connectivity index (χ2v) is 6.47. The predicted molar refractivity (Wildman–Crippen MR) is 87.5 cm³/mol. The van der Waals surface area contributed by atoms with Crippen molar-refractivity contribution in [1.82, 2.24) is 14.8 Å². The lowest BCUT2D eigenvalue weighted by molar-refractivity contribution is -0.113. The molecule has 1 amide bonds. The van der Waals surface area contributed by atoms with Crippen molar-refractivity contribution >= 4 is 23.4 Å². The molecule has 0 aliphatic carbocycles. The summed E-state index contributed by atoms with van der Waals surface area (Å²) in [7, 11) is 0. The number of halogens is 2. The number of H-pyrrole nitrogens is 1. The topological polar surface area (TPSA) is 89.0 Å². The molecular formula is C15H16F2N4O3S. The summed E-state index contributed by atoms with van der Waals surface area (Å²) in [5.41, 5.74) is -0.206. The lowest BCUT2D eigenvalue weighted by Gasteiger charge is -2.11. The van der Waals surface area contributed by atoms with Crippen LogP contribution < -0.4 is 11.0 Å². The van der Waals surface area contributed by atoms with Crippen LogP contribution in [0, 0.1) is 11.6 Å². The first-order chi connectivity index (χ1) is 12.0. The summed E-state index contributed by atoms with van der Waals surface area (Å²) >= 11 is 1.07. The number of thioether (sulfide) groups is 1. The SMILES string of the molecule is O=C(CSc1n[nH]c(=O)n1C[C@H]1CCCO1)Nc1ccc(F)c(F)c1. The molecule has 3 rings (SSSR count). The van der Waals surface area contributed by atoms with Crippen LogP contribution in [0.4, 0.5) is 14.5 Å². The van der Waals surface area contributed by atoms with Crippen molar-refractivity contribution in [2.75, 3.05) is 17.7 Å². The number of ether oxygens (including phenoxy) is 1. The summed E-state index contributed by atoms with van der Waals surface area (Å²) < 4.78 is 32.9. The predicted octanol–water partition coefficient (Wildman–Crippen LogP) is 1.76. The number of benzene rings is 1. The van der Waals surface area contributed by atoms with Crippen molar-refractivity contribution in [2.24, 2.45) is 0 Å². The van der Waals surface area contributed by atoms with Crippen LogP contribution in [0.3, 0.4) is 0 Å². The van der Waals surface area contributed by atoms with E-state index < -0.39 is 17.5 Å². The van der Waals surface area contributed by atoms with Crippen LogP contribution in [-0.4, -0.2) is 39.1 Å². The molecule has 1 aliphatic rings. The van der Waals surface area contributed by atoms with E-state index in [2.05, 4.69) is 15.5 Å². The van der Waals surface area contributed by atoms with Gasteiger partial charge in [-0.2, -0.15) is 0 Å². The molecule has 2 heterocycles. The van der Waals surface area contributed by atoms with Gasteiger partial charge in [-0.15, -0.1) is 5.10 Å². The van der Waals surface area contributed by atoms with Crippen LogP contribution in [0.1, 0.15) is 12.8 Å². The summed E-state index contributed by atoms with van der Waals surface area (Å²) in [6.07, 6.45) is 1.79. The Labute approximate surface area is 145 Å². The molecule has 1 saturated heterocycles. The monoisotopic (exact) mass is 370 g/mol. The van der Waals surface area contributed by atoms with Gasteiger partial charge in [-0.3, -0.25) is 9.36 Å². The summed E-state index contributed by atoms with van der Waals surface area (Å²) in [5, 5.41) is 9.10. The van der Waals surface area contributed by atoms with Crippen LogP contribution >= 0.6 is 11.8 Å². The van der Waals surface area contributed by atoms with Gasteiger partial charge < -0.3 is 10.1 Å². The summed E-state index contributed by atoms with van der Waals surface area (Å²) in [5.74, 6) is -2.48. The number of hydrogen-bond acceptors (Lipinski definition) is 5. The highest BCUT2D eigenvalue weighted by atomic mass is 32.2. The first-order valence-corrected chi connectivity index (χ1v) is 8.66. The van der Waals surface area contributed by atoms with E-state index in [4.69, 9.17) is 4.74 Å². The molecule has 25 heavy (non-hydrogen) atoms. The zero-order valence-corrected chi connectivity index (χ0v) is 13.9. The maximum Gasteiger partial charge on any atom is 0.344 e. The van der Waals surface area contributed by atoms with Crippen molar-refractivity contribution in [3.05, 3.63) is 40.3 Å². The molecule has 10 heteroatoms. The van der Waals surface area contributed by atoms with Crippen LogP contribution in [0.2, 0.25) is 0 Å². The quantitative estimate of drug-likeness (QED) is 0.757. The van der Waals surface area contributed by atoms with Crippen LogP contribution in [0.25, 0.3) is 0 Å². The fourth-order valence-corrected chi connectivity index (χ4v) is 3.22. The van der Waals surface area contributed by atoms with E-state index >= 15 is 0 Å². The first-order valence-electron chi connectivity index (χ1n) is 7.67. The number of carbonyl (C=O) groups is 1. The highest BCUT2D eigenvalue weighted by Gasteiger charge is 2.20. The third kappa shape index (κ3) is 4.45. The highest BCUT2D eigenvalue weighted by Crippen LogP contribution is 2.19. The fraction of sp³-hybridized carbons (Fsp3) is 0.400. The molecule has 7 nitrogen and oxygen atoms in total. The van der Waals surface area contributed by atoms with E-state index in [0.29, 0.717) is 18.3 Å². The minimum Gasteiger partial charge on any atom is -0.376 e. The first kappa shape index (κ1) is 17.6. The molecule has 0 bridgehead atoms. The number of hydrogen-bond donors (Lipinski definition) is 2. The molecule has 1 fully saturated rings. The molecule has 1 aromatic carbocycles. The smallest absolute Gasteiger partial charge is 0.344 e. The van der Waals surface area contributed by atoms with Crippen molar-refractivity contribution in [3.8, 4) is 0 Å². The maximum atomic E-state index is 13.1. The number of nitrogens with one attached hydrogen (secondary N) is 2. The Morgan fingerprint density at radius 2 is 2.28 bits per heavy atom. The molecule has 0 unspecified atom stereocenters. The summed E-state index contributed by atoms with van der Waals surface area (Å²) in [6.45, 7) is 1.05. The fourth-order valence-electron chi connectivity index (χ4n) is 2.47. The summed E-state index contributed by atoms with van der Waals surface area (Å²) in [6, 6.07) is 3.10. The third-order valence-corrected chi connectivity index (χ3v) is 4.65. The Morgan fingerprint density at radius 1 is 1.44 bits per heavy atom. The standard InChI is InChI=1S/C15H16F2N4O3S/c16-11-4-3-9(6-12(11)17)18-13(22)8-25-15-20-19-14(23)21(15)7-10-2-1-5-24-10/h3-4,6,10H,1-2,5,7-8H2,(H,18,22)(H,19,23)/t10-/m1/s1. The van der Waals surface area contributed by atoms with Gasteiger partial charge in [0.15, 0.2) is 16.8 Å². The molecule has 134 valence electrons. The largest absolute Gasteiger partial charge is 0.376 e. The van der Waals surface area contributed by atoms with E-state index in [1.807, 2.05) is 0 Å². The minimum absolute atomic E-state index is 0.0329. The molecule has 1 atom stereocenters. The lowest BCUT2D eigenvalue weighted by atomic mass is 10.2. The van der Waals surface area contributed by atoms with Gasteiger partial charge in [0.05, 0.1) is 18.4 Å². The average Bonchev–Trinajstić information content (AvgIpc) is 3.21. The van der Waals surface area contributed by atoms with Gasteiger partial charge >= 0.3 is 5.69 Å². The molecule has 2 N–H and O–H groups in total. The van der Waals surface area contributed by atoms with Gasteiger partial charge in [-0.05, 0) is 25.0 Å². The van der Waals surface area contributed by atoms with Crippen LogP contribution in [0.5, 0.6) is 0 Å².